The molecule has 1 aromatic heterocycles. The average Bonchev–Trinajstić information content (AvgIpc) is 3.01. The number of rotatable bonds is 3. The summed E-state index contributed by atoms with van der Waals surface area (Å²) in [5.74, 6) is 4.22. The maximum absolute atomic E-state index is 4.84. The van der Waals surface area contributed by atoms with Crippen LogP contribution < -0.4 is 0 Å². The smallest absolute Gasteiger partial charge is 0.145 e. The van der Waals surface area contributed by atoms with Gasteiger partial charge in [0.2, 0.25) is 0 Å². The fourth-order valence-corrected chi connectivity index (χ4v) is 4.04. The van der Waals surface area contributed by atoms with Crippen LogP contribution in [0.25, 0.3) is 0 Å². The molecule has 2 atom stereocenters. The molecule has 2 aliphatic carbocycles. The second kappa shape index (κ2) is 4.68. The van der Waals surface area contributed by atoms with Crippen molar-refractivity contribution in [2.24, 2.45) is 11.8 Å². The normalized spacial score (nSPS) is 29.8. The Morgan fingerprint density at radius 3 is 2.59 bits per heavy atom. The SMILES string of the molecule is CC(C)[C@@H]1C[C@H]1c1nsc(C2CCCCC2)n1. The van der Waals surface area contributed by atoms with Gasteiger partial charge in [0.25, 0.3) is 0 Å². The van der Waals surface area contributed by atoms with Crippen molar-refractivity contribution in [3.05, 3.63) is 10.8 Å². The third kappa shape index (κ3) is 2.40. The zero-order valence-corrected chi connectivity index (χ0v) is 11.7. The van der Waals surface area contributed by atoms with E-state index in [0.717, 1.165) is 23.6 Å². The van der Waals surface area contributed by atoms with E-state index in [1.807, 2.05) is 0 Å². The van der Waals surface area contributed by atoms with Gasteiger partial charge in [-0.1, -0.05) is 33.1 Å². The second-order valence-electron chi connectivity index (χ2n) is 6.08. The predicted molar refractivity (Wildman–Crippen MR) is 71.4 cm³/mol. The minimum atomic E-state index is 0.684. The van der Waals surface area contributed by atoms with Crippen LogP contribution in [0.15, 0.2) is 0 Å². The predicted octanol–water partition coefficient (Wildman–Crippen LogP) is 4.35. The van der Waals surface area contributed by atoms with E-state index in [-0.39, 0.29) is 0 Å². The lowest BCUT2D eigenvalue weighted by atomic mass is 9.90. The van der Waals surface area contributed by atoms with Crippen molar-refractivity contribution >= 4 is 11.5 Å². The van der Waals surface area contributed by atoms with Crippen LogP contribution in [0.1, 0.15) is 75.0 Å². The summed E-state index contributed by atoms with van der Waals surface area (Å²) in [6.45, 7) is 4.64. The van der Waals surface area contributed by atoms with Crippen LogP contribution >= 0.6 is 11.5 Å². The summed E-state index contributed by atoms with van der Waals surface area (Å²) in [4.78, 5) is 4.84. The lowest BCUT2D eigenvalue weighted by Gasteiger charge is -2.18. The van der Waals surface area contributed by atoms with Crippen molar-refractivity contribution in [3.8, 4) is 0 Å². The summed E-state index contributed by atoms with van der Waals surface area (Å²) >= 11 is 1.68. The highest BCUT2D eigenvalue weighted by Gasteiger charge is 2.43. The lowest BCUT2D eigenvalue weighted by Crippen LogP contribution is -2.04. The van der Waals surface area contributed by atoms with Crippen LogP contribution in [0.5, 0.6) is 0 Å². The molecule has 2 saturated carbocycles. The fourth-order valence-electron chi connectivity index (χ4n) is 3.16. The van der Waals surface area contributed by atoms with E-state index < -0.39 is 0 Å². The highest BCUT2D eigenvalue weighted by molar-refractivity contribution is 7.05. The Labute approximate surface area is 108 Å². The van der Waals surface area contributed by atoms with Crippen molar-refractivity contribution in [1.29, 1.82) is 0 Å². The minimum absolute atomic E-state index is 0.684. The number of hydrogen-bond acceptors (Lipinski definition) is 3. The zero-order chi connectivity index (χ0) is 11.8. The first kappa shape index (κ1) is 11.6. The Bertz CT molecular complexity index is 379. The Morgan fingerprint density at radius 2 is 1.94 bits per heavy atom. The molecule has 94 valence electrons. The third-order valence-electron chi connectivity index (χ3n) is 4.44. The molecule has 0 amide bonds. The number of nitrogens with zero attached hydrogens (tertiary/aromatic N) is 2. The van der Waals surface area contributed by atoms with E-state index in [9.17, 15) is 0 Å². The minimum Gasteiger partial charge on any atom is -0.224 e. The molecule has 2 fully saturated rings. The van der Waals surface area contributed by atoms with Gasteiger partial charge in [-0.3, -0.25) is 0 Å². The van der Waals surface area contributed by atoms with E-state index in [1.54, 1.807) is 11.5 Å². The molecule has 1 aromatic rings. The summed E-state index contributed by atoms with van der Waals surface area (Å²) in [6.07, 6.45) is 8.19. The van der Waals surface area contributed by atoms with Crippen molar-refractivity contribution in [3.63, 3.8) is 0 Å². The maximum Gasteiger partial charge on any atom is 0.145 e. The quantitative estimate of drug-likeness (QED) is 0.797. The van der Waals surface area contributed by atoms with Crippen LogP contribution in [0.4, 0.5) is 0 Å². The Kier molecular flexibility index (Phi) is 3.20. The first-order chi connectivity index (χ1) is 8.25. The van der Waals surface area contributed by atoms with Crippen molar-refractivity contribution in [1.82, 2.24) is 9.36 Å². The summed E-state index contributed by atoms with van der Waals surface area (Å²) in [6, 6.07) is 0. The molecule has 0 radical (unpaired) electrons. The molecule has 1 heterocycles. The zero-order valence-electron chi connectivity index (χ0n) is 10.9. The van der Waals surface area contributed by atoms with Gasteiger partial charge >= 0.3 is 0 Å². The first-order valence-electron chi connectivity index (χ1n) is 7.09. The number of hydrogen-bond donors (Lipinski definition) is 0. The molecule has 2 aliphatic rings. The van der Waals surface area contributed by atoms with E-state index in [1.165, 1.54) is 43.5 Å². The van der Waals surface area contributed by atoms with Gasteiger partial charge in [0, 0.05) is 11.8 Å². The summed E-state index contributed by atoms with van der Waals surface area (Å²) in [7, 11) is 0. The molecule has 0 aromatic carbocycles. The van der Waals surface area contributed by atoms with E-state index in [4.69, 9.17) is 4.98 Å². The summed E-state index contributed by atoms with van der Waals surface area (Å²) < 4.78 is 4.62. The maximum atomic E-state index is 4.84. The van der Waals surface area contributed by atoms with E-state index >= 15 is 0 Å². The van der Waals surface area contributed by atoms with Gasteiger partial charge < -0.3 is 0 Å². The Balaban J connectivity index is 1.66. The van der Waals surface area contributed by atoms with Gasteiger partial charge in [0.1, 0.15) is 10.8 Å². The van der Waals surface area contributed by atoms with Crippen molar-refractivity contribution in [2.75, 3.05) is 0 Å². The Morgan fingerprint density at radius 1 is 1.18 bits per heavy atom. The summed E-state index contributed by atoms with van der Waals surface area (Å²) in [5, 5.41) is 1.33. The van der Waals surface area contributed by atoms with Crippen LogP contribution in [0.3, 0.4) is 0 Å². The monoisotopic (exact) mass is 250 g/mol. The van der Waals surface area contributed by atoms with E-state index in [2.05, 4.69) is 18.2 Å². The van der Waals surface area contributed by atoms with Gasteiger partial charge in [-0.05, 0) is 42.6 Å². The average molecular weight is 250 g/mol. The highest BCUT2D eigenvalue weighted by atomic mass is 32.1. The van der Waals surface area contributed by atoms with Gasteiger partial charge in [0.15, 0.2) is 0 Å². The molecule has 0 spiro atoms. The van der Waals surface area contributed by atoms with Gasteiger partial charge in [0.05, 0.1) is 0 Å². The molecule has 0 saturated heterocycles. The molecular formula is C14H22N2S. The van der Waals surface area contributed by atoms with Crippen LogP contribution in [-0.2, 0) is 0 Å². The molecule has 2 nitrogen and oxygen atoms in total. The molecule has 3 heteroatoms. The molecule has 0 N–H and O–H groups in total. The van der Waals surface area contributed by atoms with Gasteiger partial charge in [-0.15, -0.1) is 0 Å². The summed E-state index contributed by atoms with van der Waals surface area (Å²) in [5.41, 5.74) is 0. The molecule has 0 bridgehead atoms. The van der Waals surface area contributed by atoms with Crippen LogP contribution in [0.2, 0.25) is 0 Å². The molecule has 0 aliphatic heterocycles. The molecule has 0 unspecified atom stereocenters. The molecule has 17 heavy (non-hydrogen) atoms. The lowest BCUT2D eigenvalue weighted by molar-refractivity contribution is 0.441. The first-order valence-corrected chi connectivity index (χ1v) is 7.86. The standard InChI is InChI=1S/C14H22N2S/c1-9(2)11-8-12(11)13-15-14(17-16-13)10-6-4-3-5-7-10/h9-12H,3-8H2,1-2H3/t11-,12+/m0/s1. The van der Waals surface area contributed by atoms with Crippen LogP contribution in [0, 0.1) is 11.8 Å². The van der Waals surface area contributed by atoms with Crippen molar-refractivity contribution in [2.45, 2.75) is 64.2 Å². The van der Waals surface area contributed by atoms with E-state index in [0.29, 0.717) is 5.92 Å². The Hall–Kier alpha value is -0.440. The second-order valence-corrected chi connectivity index (χ2v) is 6.86. The van der Waals surface area contributed by atoms with Crippen LogP contribution in [-0.4, -0.2) is 9.36 Å². The fraction of sp³-hybridized carbons (Fsp3) is 0.857. The molecular weight excluding hydrogens is 228 g/mol. The highest BCUT2D eigenvalue weighted by Crippen LogP contribution is 2.51. The number of aromatic nitrogens is 2. The largest absolute Gasteiger partial charge is 0.224 e. The topological polar surface area (TPSA) is 25.8 Å². The third-order valence-corrected chi connectivity index (χ3v) is 5.33. The molecule has 3 rings (SSSR count). The van der Waals surface area contributed by atoms with Gasteiger partial charge in [-0.25, -0.2) is 4.98 Å². The van der Waals surface area contributed by atoms with Gasteiger partial charge in [-0.2, -0.15) is 4.37 Å². The van der Waals surface area contributed by atoms with Crippen molar-refractivity contribution < 1.29 is 0 Å².